The lowest BCUT2D eigenvalue weighted by Gasteiger charge is -2.34. The number of aliphatic hydroxyl groups is 1. The Morgan fingerprint density at radius 2 is 1.95 bits per heavy atom. The van der Waals surface area contributed by atoms with Crippen LogP contribution in [0.15, 0.2) is 0 Å². The van der Waals surface area contributed by atoms with Crippen molar-refractivity contribution in [2.45, 2.75) is 71.5 Å². The molecule has 19 heavy (non-hydrogen) atoms. The average molecular weight is 265 g/mol. The van der Waals surface area contributed by atoms with E-state index in [0.29, 0.717) is 6.54 Å². The molecule has 1 heterocycles. The van der Waals surface area contributed by atoms with Gasteiger partial charge in [-0.1, -0.05) is 19.3 Å². The molecular formula is C15H27N3O. The summed E-state index contributed by atoms with van der Waals surface area (Å²) in [5, 5.41) is 17.3. The summed E-state index contributed by atoms with van der Waals surface area (Å²) >= 11 is 0. The summed E-state index contributed by atoms with van der Waals surface area (Å²) in [6, 6.07) is 0. The highest BCUT2D eigenvalue weighted by atomic mass is 16.3. The van der Waals surface area contributed by atoms with Crippen molar-refractivity contribution in [1.82, 2.24) is 15.1 Å². The van der Waals surface area contributed by atoms with E-state index in [9.17, 15) is 0 Å². The van der Waals surface area contributed by atoms with Crippen LogP contribution in [-0.4, -0.2) is 27.0 Å². The second-order valence-corrected chi connectivity index (χ2v) is 6.07. The van der Waals surface area contributed by atoms with Gasteiger partial charge in [0.05, 0.1) is 18.8 Å². The summed E-state index contributed by atoms with van der Waals surface area (Å²) in [5.74, 6) is 0. The molecular weight excluding hydrogens is 238 g/mol. The molecule has 0 aromatic carbocycles. The van der Waals surface area contributed by atoms with Gasteiger partial charge in [0.25, 0.3) is 0 Å². The minimum Gasteiger partial charge on any atom is -0.394 e. The van der Waals surface area contributed by atoms with Crippen molar-refractivity contribution in [3.63, 3.8) is 0 Å². The normalized spacial score (nSPS) is 18.7. The SMILES string of the molecule is Cc1nn(CCO)c(C)c1CNC1(C)CCCCC1. The number of rotatable bonds is 5. The maximum Gasteiger partial charge on any atom is 0.0644 e. The highest BCUT2D eigenvalue weighted by molar-refractivity contribution is 5.24. The Morgan fingerprint density at radius 1 is 1.26 bits per heavy atom. The van der Waals surface area contributed by atoms with Gasteiger partial charge in [0.1, 0.15) is 0 Å². The van der Waals surface area contributed by atoms with Crippen LogP contribution in [0.2, 0.25) is 0 Å². The van der Waals surface area contributed by atoms with Crippen LogP contribution in [0.1, 0.15) is 56.0 Å². The smallest absolute Gasteiger partial charge is 0.0644 e. The molecule has 1 aliphatic rings. The Balaban J connectivity index is 2.02. The quantitative estimate of drug-likeness (QED) is 0.859. The van der Waals surface area contributed by atoms with Crippen LogP contribution in [0.5, 0.6) is 0 Å². The zero-order valence-electron chi connectivity index (χ0n) is 12.5. The molecule has 2 rings (SSSR count). The monoisotopic (exact) mass is 265 g/mol. The molecule has 0 aliphatic heterocycles. The number of hydrogen-bond acceptors (Lipinski definition) is 3. The third-order valence-corrected chi connectivity index (χ3v) is 4.49. The molecule has 1 saturated carbocycles. The summed E-state index contributed by atoms with van der Waals surface area (Å²) in [6.45, 7) is 8.11. The summed E-state index contributed by atoms with van der Waals surface area (Å²) in [6.07, 6.45) is 6.60. The van der Waals surface area contributed by atoms with E-state index in [4.69, 9.17) is 5.11 Å². The second-order valence-electron chi connectivity index (χ2n) is 6.07. The number of nitrogens with zero attached hydrogens (tertiary/aromatic N) is 2. The van der Waals surface area contributed by atoms with Crippen LogP contribution in [0.25, 0.3) is 0 Å². The molecule has 0 bridgehead atoms. The summed E-state index contributed by atoms with van der Waals surface area (Å²) in [4.78, 5) is 0. The second kappa shape index (κ2) is 6.06. The number of aromatic nitrogens is 2. The maximum absolute atomic E-state index is 9.04. The van der Waals surface area contributed by atoms with E-state index < -0.39 is 0 Å². The first kappa shape index (κ1) is 14.5. The van der Waals surface area contributed by atoms with E-state index in [0.717, 1.165) is 12.2 Å². The molecule has 0 unspecified atom stereocenters. The molecule has 0 radical (unpaired) electrons. The van der Waals surface area contributed by atoms with Gasteiger partial charge in [-0.25, -0.2) is 0 Å². The van der Waals surface area contributed by atoms with E-state index in [1.807, 2.05) is 4.68 Å². The van der Waals surface area contributed by atoms with Crippen molar-refractivity contribution in [2.75, 3.05) is 6.61 Å². The zero-order valence-corrected chi connectivity index (χ0v) is 12.5. The van der Waals surface area contributed by atoms with Gasteiger partial charge in [-0.3, -0.25) is 4.68 Å². The highest BCUT2D eigenvalue weighted by Crippen LogP contribution is 2.28. The van der Waals surface area contributed by atoms with Gasteiger partial charge < -0.3 is 10.4 Å². The summed E-state index contributed by atoms with van der Waals surface area (Å²) in [7, 11) is 0. The fraction of sp³-hybridized carbons (Fsp3) is 0.800. The molecule has 1 aromatic heterocycles. The number of aryl methyl sites for hydroxylation is 1. The van der Waals surface area contributed by atoms with Crippen LogP contribution in [0.3, 0.4) is 0 Å². The molecule has 0 amide bonds. The van der Waals surface area contributed by atoms with E-state index in [1.54, 1.807) is 0 Å². The predicted octanol–water partition coefficient (Wildman–Crippen LogP) is 2.30. The Hall–Kier alpha value is -0.870. The topological polar surface area (TPSA) is 50.1 Å². The molecule has 1 aromatic rings. The first-order valence-corrected chi connectivity index (χ1v) is 7.44. The number of hydrogen-bond donors (Lipinski definition) is 2. The van der Waals surface area contributed by atoms with Crippen molar-refractivity contribution in [3.8, 4) is 0 Å². The standard InChI is InChI=1S/C15H27N3O/c1-12-14(13(2)18(17-12)9-10-19)11-16-15(3)7-5-4-6-8-15/h16,19H,4-11H2,1-3H3. The van der Waals surface area contributed by atoms with Crippen LogP contribution in [0.4, 0.5) is 0 Å². The lowest BCUT2D eigenvalue weighted by atomic mass is 9.83. The molecule has 0 atom stereocenters. The Morgan fingerprint density at radius 3 is 2.58 bits per heavy atom. The zero-order chi connectivity index (χ0) is 13.9. The van der Waals surface area contributed by atoms with Crippen molar-refractivity contribution >= 4 is 0 Å². The van der Waals surface area contributed by atoms with Gasteiger partial charge in [-0.05, 0) is 33.6 Å². The highest BCUT2D eigenvalue weighted by Gasteiger charge is 2.26. The van der Waals surface area contributed by atoms with E-state index >= 15 is 0 Å². The summed E-state index contributed by atoms with van der Waals surface area (Å²) in [5.41, 5.74) is 3.84. The molecule has 2 N–H and O–H groups in total. The molecule has 108 valence electrons. The van der Waals surface area contributed by atoms with Crippen molar-refractivity contribution in [1.29, 1.82) is 0 Å². The molecule has 0 saturated heterocycles. The molecule has 4 heteroatoms. The van der Waals surface area contributed by atoms with E-state index in [2.05, 4.69) is 31.2 Å². The third kappa shape index (κ3) is 3.37. The van der Waals surface area contributed by atoms with Gasteiger partial charge >= 0.3 is 0 Å². The average Bonchev–Trinajstić information content (AvgIpc) is 2.64. The minimum absolute atomic E-state index is 0.145. The van der Waals surface area contributed by atoms with Gasteiger partial charge in [0.15, 0.2) is 0 Å². The summed E-state index contributed by atoms with van der Waals surface area (Å²) < 4.78 is 1.91. The largest absolute Gasteiger partial charge is 0.394 e. The number of nitrogens with one attached hydrogen (secondary N) is 1. The first-order chi connectivity index (χ1) is 9.06. The molecule has 0 spiro atoms. The van der Waals surface area contributed by atoms with Gasteiger partial charge in [-0.15, -0.1) is 0 Å². The van der Waals surface area contributed by atoms with Crippen molar-refractivity contribution in [2.24, 2.45) is 0 Å². The van der Waals surface area contributed by atoms with Crippen molar-refractivity contribution < 1.29 is 5.11 Å². The van der Waals surface area contributed by atoms with Crippen LogP contribution in [-0.2, 0) is 13.1 Å². The third-order valence-electron chi connectivity index (χ3n) is 4.49. The fourth-order valence-corrected chi connectivity index (χ4v) is 3.11. The number of aliphatic hydroxyl groups excluding tert-OH is 1. The molecule has 1 fully saturated rings. The first-order valence-electron chi connectivity index (χ1n) is 7.44. The van der Waals surface area contributed by atoms with Crippen molar-refractivity contribution in [3.05, 3.63) is 17.0 Å². The Kier molecular flexibility index (Phi) is 4.63. The fourth-order valence-electron chi connectivity index (χ4n) is 3.11. The van der Waals surface area contributed by atoms with Crippen LogP contribution >= 0.6 is 0 Å². The van der Waals surface area contributed by atoms with Gasteiger partial charge in [-0.2, -0.15) is 5.10 Å². The van der Waals surface area contributed by atoms with Crippen LogP contribution in [0, 0.1) is 13.8 Å². The molecule has 4 nitrogen and oxygen atoms in total. The van der Waals surface area contributed by atoms with E-state index in [-0.39, 0.29) is 12.1 Å². The van der Waals surface area contributed by atoms with Gasteiger partial charge in [0.2, 0.25) is 0 Å². The van der Waals surface area contributed by atoms with E-state index in [1.165, 1.54) is 43.4 Å². The van der Waals surface area contributed by atoms with Crippen LogP contribution < -0.4 is 5.32 Å². The minimum atomic E-state index is 0.145. The van der Waals surface area contributed by atoms with Gasteiger partial charge in [0, 0.05) is 23.3 Å². The maximum atomic E-state index is 9.04. The Bertz CT molecular complexity index is 419. The Labute approximate surface area is 116 Å². The molecule has 1 aliphatic carbocycles. The lowest BCUT2D eigenvalue weighted by Crippen LogP contribution is -2.43. The lowest BCUT2D eigenvalue weighted by molar-refractivity contribution is 0.252. The predicted molar refractivity (Wildman–Crippen MR) is 77.1 cm³/mol.